The maximum atomic E-state index is 12.0. The Morgan fingerprint density at radius 1 is 1.22 bits per heavy atom. The Labute approximate surface area is 109 Å². The fourth-order valence-electron chi connectivity index (χ4n) is 2.23. The number of benzene rings is 1. The van der Waals surface area contributed by atoms with Crippen molar-refractivity contribution >= 4 is 5.91 Å². The first-order valence-corrected chi connectivity index (χ1v) is 6.71. The quantitative estimate of drug-likeness (QED) is 0.806. The Bertz CT molecular complexity index is 407. The fourth-order valence-corrected chi connectivity index (χ4v) is 2.23. The number of hydrogen-bond donors (Lipinski definition) is 2. The third kappa shape index (κ3) is 3.10. The molecule has 0 spiro atoms. The van der Waals surface area contributed by atoms with Crippen LogP contribution in [0.1, 0.15) is 35.7 Å². The van der Waals surface area contributed by atoms with E-state index in [-0.39, 0.29) is 5.91 Å². The van der Waals surface area contributed by atoms with Crippen LogP contribution in [0.15, 0.2) is 24.3 Å². The molecule has 98 valence electrons. The van der Waals surface area contributed by atoms with E-state index in [1.54, 1.807) is 0 Å². The summed E-state index contributed by atoms with van der Waals surface area (Å²) >= 11 is 0. The molecule has 0 unspecified atom stereocenters. The Morgan fingerprint density at radius 3 is 2.39 bits per heavy atom. The highest BCUT2D eigenvalue weighted by Crippen LogP contribution is 2.44. The first-order valence-electron chi connectivity index (χ1n) is 6.71. The lowest BCUT2D eigenvalue weighted by Crippen LogP contribution is -2.34. The van der Waals surface area contributed by atoms with E-state index in [0.717, 1.165) is 25.1 Å². The van der Waals surface area contributed by atoms with Crippen molar-refractivity contribution < 1.29 is 4.79 Å². The van der Waals surface area contributed by atoms with Crippen LogP contribution in [0.2, 0.25) is 0 Å². The van der Waals surface area contributed by atoms with Crippen LogP contribution in [-0.2, 0) is 6.42 Å². The van der Waals surface area contributed by atoms with E-state index in [4.69, 9.17) is 0 Å². The number of amides is 1. The standard InChI is InChI=1S/C15H22N2O/c1-3-12-4-6-13(7-5-12)14(18)17-11-15(8-9-15)10-16-2/h4-7,16H,3,8-11H2,1-2H3,(H,17,18). The van der Waals surface area contributed by atoms with Crippen molar-refractivity contribution in [2.75, 3.05) is 20.1 Å². The molecule has 0 heterocycles. The highest BCUT2D eigenvalue weighted by atomic mass is 16.1. The fraction of sp³-hybridized carbons (Fsp3) is 0.533. The molecular formula is C15H22N2O. The van der Waals surface area contributed by atoms with Gasteiger partial charge in [0.05, 0.1) is 0 Å². The molecule has 3 nitrogen and oxygen atoms in total. The molecule has 1 aromatic carbocycles. The van der Waals surface area contributed by atoms with Crippen molar-refractivity contribution in [2.24, 2.45) is 5.41 Å². The molecule has 0 bridgehead atoms. The van der Waals surface area contributed by atoms with Gasteiger partial charge in [0.1, 0.15) is 0 Å². The lowest BCUT2D eigenvalue weighted by Gasteiger charge is -2.15. The van der Waals surface area contributed by atoms with Crippen molar-refractivity contribution in [3.05, 3.63) is 35.4 Å². The van der Waals surface area contributed by atoms with Gasteiger partial charge in [0.25, 0.3) is 5.91 Å². The second-order valence-corrected chi connectivity index (χ2v) is 5.26. The maximum absolute atomic E-state index is 12.0. The number of carbonyl (C=O) groups excluding carboxylic acids is 1. The van der Waals surface area contributed by atoms with Crippen molar-refractivity contribution in [2.45, 2.75) is 26.2 Å². The molecule has 0 saturated heterocycles. The summed E-state index contributed by atoms with van der Waals surface area (Å²) in [6.45, 7) is 3.88. The van der Waals surface area contributed by atoms with Crippen LogP contribution in [0.4, 0.5) is 0 Å². The number of nitrogens with one attached hydrogen (secondary N) is 2. The van der Waals surface area contributed by atoms with E-state index in [0.29, 0.717) is 5.41 Å². The summed E-state index contributed by atoms with van der Waals surface area (Å²) < 4.78 is 0. The Kier molecular flexibility index (Phi) is 4.02. The molecule has 1 aliphatic carbocycles. The van der Waals surface area contributed by atoms with E-state index in [9.17, 15) is 4.79 Å². The van der Waals surface area contributed by atoms with Gasteiger partial charge < -0.3 is 10.6 Å². The zero-order valence-corrected chi connectivity index (χ0v) is 11.3. The van der Waals surface area contributed by atoms with E-state index < -0.39 is 0 Å². The van der Waals surface area contributed by atoms with Gasteiger partial charge in [-0.15, -0.1) is 0 Å². The molecular weight excluding hydrogens is 224 g/mol. The third-order valence-electron chi connectivity index (χ3n) is 3.76. The van der Waals surface area contributed by atoms with Gasteiger partial charge in [-0.05, 0) is 44.0 Å². The number of aryl methyl sites for hydroxylation is 1. The number of rotatable bonds is 6. The summed E-state index contributed by atoms with van der Waals surface area (Å²) in [6.07, 6.45) is 3.43. The predicted octanol–water partition coefficient (Wildman–Crippen LogP) is 1.98. The molecule has 2 N–H and O–H groups in total. The molecule has 0 aromatic heterocycles. The molecule has 1 fully saturated rings. The van der Waals surface area contributed by atoms with Crippen LogP contribution in [0.25, 0.3) is 0 Å². The van der Waals surface area contributed by atoms with Crippen LogP contribution in [0.3, 0.4) is 0 Å². The van der Waals surface area contributed by atoms with Gasteiger partial charge in [0, 0.05) is 24.1 Å². The Balaban J connectivity index is 1.87. The highest BCUT2D eigenvalue weighted by Gasteiger charge is 2.41. The Hall–Kier alpha value is -1.35. The second-order valence-electron chi connectivity index (χ2n) is 5.26. The molecule has 0 radical (unpaired) electrons. The normalized spacial score (nSPS) is 16.3. The average Bonchev–Trinajstić information content (AvgIpc) is 3.17. The van der Waals surface area contributed by atoms with Crippen LogP contribution >= 0.6 is 0 Å². The minimum absolute atomic E-state index is 0.0417. The Morgan fingerprint density at radius 2 is 1.89 bits per heavy atom. The van der Waals surface area contributed by atoms with Crippen LogP contribution in [0, 0.1) is 5.41 Å². The van der Waals surface area contributed by atoms with Crippen LogP contribution in [0.5, 0.6) is 0 Å². The first kappa shape index (κ1) is 13.1. The van der Waals surface area contributed by atoms with E-state index in [1.807, 2.05) is 31.3 Å². The monoisotopic (exact) mass is 246 g/mol. The highest BCUT2D eigenvalue weighted by molar-refractivity contribution is 5.94. The summed E-state index contributed by atoms with van der Waals surface area (Å²) in [5, 5.41) is 6.24. The number of hydrogen-bond acceptors (Lipinski definition) is 2. The lowest BCUT2D eigenvalue weighted by atomic mass is 10.1. The topological polar surface area (TPSA) is 41.1 Å². The summed E-state index contributed by atoms with van der Waals surface area (Å²) in [7, 11) is 1.96. The first-order chi connectivity index (χ1) is 8.69. The predicted molar refractivity (Wildman–Crippen MR) is 73.7 cm³/mol. The van der Waals surface area contributed by atoms with Gasteiger partial charge in [0.15, 0.2) is 0 Å². The van der Waals surface area contributed by atoms with E-state index in [1.165, 1.54) is 18.4 Å². The summed E-state index contributed by atoms with van der Waals surface area (Å²) in [6, 6.07) is 7.86. The smallest absolute Gasteiger partial charge is 0.251 e. The molecule has 2 rings (SSSR count). The third-order valence-corrected chi connectivity index (χ3v) is 3.76. The molecule has 0 aliphatic heterocycles. The molecule has 18 heavy (non-hydrogen) atoms. The molecule has 1 aliphatic rings. The maximum Gasteiger partial charge on any atom is 0.251 e. The van der Waals surface area contributed by atoms with E-state index >= 15 is 0 Å². The molecule has 1 amide bonds. The van der Waals surface area contributed by atoms with Gasteiger partial charge in [-0.1, -0.05) is 19.1 Å². The largest absolute Gasteiger partial charge is 0.351 e. The van der Waals surface area contributed by atoms with Gasteiger partial charge >= 0.3 is 0 Å². The van der Waals surface area contributed by atoms with Gasteiger partial charge in [-0.2, -0.15) is 0 Å². The van der Waals surface area contributed by atoms with Gasteiger partial charge in [-0.25, -0.2) is 0 Å². The van der Waals surface area contributed by atoms with Crippen molar-refractivity contribution in [1.29, 1.82) is 0 Å². The lowest BCUT2D eigenvalue weighted by molar-refractivity contribution is 0.0945. The molecule has 0 atom stereocenters. The van der Waals surface area contributed by atoms with Crippen LogP contribution < -0.4 is 10.6 Å². The van der Waals surface area contributed by atoms with E-state index in [2.05, 4.69) is 17.6 Å². The summed E-state index contributed by atoms with van der Waals surface area (Å²) in [4.78, 5) is 12.0. The SMILES string of the molecule is CCc1ccc(C(=O)NCC2(CNC)CC2)cc1. The molecule has 3 heteroatoms. The van der Waals surface area contributed by atoms with Crippen molar-refractivity contribution in [1.82, 2.24) is 10.6 Å². The number of carbonyl (C=O) groups is 1. The van der Waals surface area contributed by atoms with Crippen molar-refractivity contribution in [3.63, 3.8) is 0 Å². The second kappa shape index (κ2) is 5.53. The van der Waals surface area contributed by atoms with Crippen molar-refractivity contribution in [3.8, 4) is 0 Å². The van der Waals surface area contributed by atoms with Gasteiger partial charge in [0.2, 0.25) is 0 Å². The average molecular weight is 246 g/mol. The minimum Gasteiger partial charge on any atom is -0.351 e. The molecule has 1 saturated carbocycles. The zero-order valence-electron chi connectivity index (χ0n) is 11.3. The summed E-state index contributed by atoms with van der Waals surface area (Å²) in [5.74, 6) is 0.0417. The van der Waals surface area contributed by atoms with Crippen LogP contribution in [-0.4, -0.2) is 26.0 Å². The zero-order chi connectivity index (χ0) is 13.0. The molecule has 1 aromatic rings. The summed E-state index contributed by atoms with van der Waals surface area (Å²) in [5.41, 5.74) is 2.33. The van der Waals surface area contributed by atoms with Gasteiger partial charge in [-0.3, -0.25) is 4.79 Å². The minimum atomic E-state index is 0.0417.